The zero-order chi connectivity index (χ0) is 11.7. The van der Waals surface area contributed by atoms with Gasteiger partial charge >= 0.3 is 0 Å². The molecule has 0 saturated carbocycles. The molecule has 2 aromatic rings. The first-order valence-corrected chi connectivity index (χ1v) is 5.65. The maximum atomic E-state index is 8.15. The Labute approximate surface area is 97.7 Å². The molecule has 0 bridgehead atoms. The Bertz CT molecular complexity index is 509. The van der Waals surface area contributed by atoms with Gasteiger partial charge in [0, 0.05) is 20.1 Å². The van der Waals surface area contributed by atoms with Crippen molar-refractivity contribution in [1.29, 1.82) is 0 Å². The van der Waals surface area contributed by atoms with Crippen molar-refractivity contribution in [3.05, 3.63) is 65.7 Å². The van der Waals surface area contributed by atoms with Gasteiger partial charge in [0.2, 0.25) is 0 Å². The summed E-state index contributed by atoms with van der Waals surface area (Å²) in [6, 6.07) is 18.7. The van der Waals surface area contributed by atoms with E-state index in [1.807, 2.05) is 6.07 Å². The molecule has 0 fully saturated rings. The molecule has 0 radical (unpaired) electrons. The lowest BCUT2D eigenvalue weighted by molar-refractivity contribution is 0.836. The standard InChI is InChI=1S/C15H15N/c1-2-6-13(7-3-1)12-16-11-10-14-8-4-5-9-15(14)16/h1-9H,10-12H2/i11D. The third-order valence-electron chi connectivity index (χ3n) is 3.03. The average Bonchev–Trinajstić information content (AvgIpc) is 2.68. The molecule has 1 aliphatic heterocycles. The number of rotatable bonds is 2. The lowest BCUT2D eigenvalue weighted by Gasteiger charge is -2.19. The first kappa shape index (κ1) is 8.40. The number of hydrogen-bond acceptors (Lipinski definition) is 1. The van der Waals surface area contributed by atoms with Crippen molar-refractivity contribution in [2.75, 3.05) is 11.4 Å². The molecule has 0 amide bonds. The van der Waals surface area contributed by atoms with Crippen molar-refractivity contribution in [3.8, 4) is 0 Å². The molecular formula is C15H15N. The van der Waals surface area contributed by atoms with E-state index in [1.54, 1.807) is 0 Å². The number of hydrogen-bond donors (Lipinski definition) is 0. The van der Waals surface area contributed by atoms with Crippen LogP contribution in [0.4, 0.5) is 5.69 Å². The monoisotopic (exact) mass is 210 g/mol. The molecule has 0 saturated heterocycles. The fraction of sp³-hybridized carbons (Fsp3) is 0.200. The SMILES string of the molecule is [2H]C1Cc2ccccc2N1Cc1ccccc1. The molecule has 1 aliphatic rings. The number of fused-ring (bicyclic) bond motifs is 1. The summed E-state index contributed by atoms with van der Waals surface area (Å²) in [5, 5.41) is 0. The van der Waals surface area contributed by atoms with Crippen LogP contribution in [0.15, 0.2) is 54.6 Å². The summed E-state index contributed by atoms with van der Waals surface area (Å²) >= 11 is 0. The van der Waals surface area contributed by atoms with Crippen molar-refractivity contribution in [1.82, 2.24) is 0 Å². The van der Waals surface area contributed by atoms with Crippen LogP contribution in [0.25, 0.3) is 0 Å². The second-order valence-electron chi connectivity index (χ2n) is 4.13. The van der Waals surface area contributed by atoms with E-state index in [2.05, 4.69) is 53.4 Å². The van der Waals surface area contributed by atoms with Crippen molar-refractivity contribution < 1.29 is 1.37 Å². The van der Waals surface area contributed by atoms with Gasteiger partial charge in [-0.2, -0.15) is 0 Å². The number of para-hydroxylation sites is 1. The second-order valence-corrected chi connectivity index (χ2v) is 4.13. The van der Waals surface area contributed by atoms with Gasteiger partial charge in [0.05, 0.1) is 0 Å². The van der Waals surface area contributed by atoms with Crippen LogP contribution >= 0.6 is 0 Å². The van der Waals surface area contributed by atoms with Crippen LogP contribution in [0, 0.1) is 0 Å². The lowest BCUT2D eigenvalue weighted by atomic mass is 10.2. The van der Waals surface area contributed by atoms with Crippen molar-refractivity contribution in [2.45, 2.75) is 13.0 Å². The lowest BCUT2D eigenvalue weighted by Crippen LogP contribution is -2.19. The van der Waals surface area contributed by atoms with Gasteiger partial charge in [-0.15, -0.1) is 0 Å². The zero-order valence-corrected chi connectivity index (χ0v) is 9.13. The van der Waals surface area contributed by atoms with E-state index < -0.39 is 0 Å². The Balaban J connectivity index is 1.89. The molecule has 2 aromatic carbocycles. The maximum absolute atomic E-state index is 8.15. The van der Waals surface area contributed by atoms with Crippen molar-refractivity contribution in [2.24, 2.45) is 0 Å². The minimum atomic E-state index is -0.146. The summed E-state index contributed by atoms with van der Waals surface area (Å²) < 4.78 is 8.15. The molecular weight excluding hydrogens is 194 g/mol. The van der Waals surface area contributed by atoms with Crippen molar-refractivity contribution >= 4 is 5.69 Å². The smallest absolute Gasteiger partial charge is 0.0496 e. The Kier molecular flexibility index (Phi) is 2.11. The number of benzene rings is 2. The molecule has 1 nitrogen and oxygen atoms in total. The highest BCUT2D eigenvalue weighted by molar-refractivity contribution is 5.58. The first-order valence-electron chi connectivity index (χ1n) is 6.23. The van der Waals surface area contributed by atoms with E-state index in [0.29, 0.717) is 0 Å². The molecule has 1 unspecified atom stereocenters. The minimum absolute atomic E-state index is 0.146. The van der Waals surface area contributed by atoms with Gasteiger partial charge in [0.1, 0.15) is 0 Å². The van der Waals surface area contributed by atoms with Gasteiger partial charge in [0.25, 0.3) is 0 Å². The van der Waals surface area contributed by atoms with Crippen LogP contribution in [-0.4, -0.2) is 6.52 Å². The summed E-state index contributed by atoms with van der Waals surface area (Å²) in [5.74, 6) is 0. The minimum Gasteiger partial charge on any atom is -0.367 e. The summed E-state index contributed by atoms with van der Waals surface area (Å²) in [6.07, 6.45) is 0.836. The highest BCUT2D eigenvalue weighted by Crippen LogP contribution is 2.28. The van der Waals surface area contributed by atoms with E-state index in [9.17, 15) is 0 Å². The molecule has 3 rings (SSSR count). The van der Waals surface area contributed by atoms with Crippen LogP contribution in [0.5, 0.6) is 0 Å². The normalized spacial score (nSPS) is 19.4. The van der Waals surface area contributed by atoms with Gasteiger partial charge < -0.3 is 4.90 Å². The molecule has 0 spiro atoms. The average molecular weight is 210 g/mol. The summed E-state index contributed by atoms with van der Waals surface area (Å²) in [5.41, 5.74) is 3.78. The molecule has 80 valence electrons. The Hall–Kier alpha value is -1.76. The van der Waals surface area contributed by atoms with Gasteiger partial charge in [0.15, 0.2) is 0 Å². The highest BCUT2D eigenvalue weighted by atomic mass is 15.1. The topological polar surface area (TPSA) is 3.24 Å². The molecule has 0 aromatic heterocycles. The van der Waals surface area contributed by atoms with Gasteiger partial charge in [-0.1, -0.05) is 48.5 Å². The third kappa shape index (κ3) is 1.69. The maximum Gasteiger partial charge on any atom is 0.0496 e. The predicted octanol–water partition coefficient (Wildman–Crippen LogP) is 3.25. The molecule has 16 heavy (non-hydrogen) atoms. The fourth-order valence-corrected chi connectivity index (χ4v) is 2.20. The van der Waals surface area contributed by atoms with Gasteiger partial charge in [-0.25, -0.2) is 0 Å². The molecule has 1 heterocycles. The van der Waals surface area contributed by atoms with E-state index in [1.165, 1.54) is 16.8 Å². The van der Waals surface area contributed by atoms with E-state index in [4.69, 9.17) is 1.37 Å². The summed E-state index contributed by atoms with van der Waals surface area (Å²) in [4.78, 5) is 2.17. The van der Waals surface area contributed by atoms with Gasteiger partial charge in [-0.05, 0) is 23.6 Å². The second kappa shape index (κ2) is 4.01. The fourth-order valence-electron chi connectivity index (χ4n) is 2.20. The number of nitrogens with zero attached hydrogens (tertiary/aromatic N) is 1. The Morgan fingerprint density at radius 1 is 1.00 bits per heavy atom. The zero-order valence-electron chi connectivity index (χ0n) is 10.1. The quantitative estimate of drug-likeness (QED) is 0.735. The predicted molar refractivity (Wildman–Crippen MR) is 67.6 cm³/mol. The summed E-state index contributed by atoms with van der Waals surface area (Å²) in [6.45, 7) is 0.680. The largest absolute Gasteiger partial charge is 0.367 e. The van der Waals surface area contributed by atoms with Crippen molar-refractivity contribution in [3.63, 3.8) is 0 Å². The van der Waals surface area contributed by atoms with Crippen LogP contribution in [-0.2, 0) is 13.0 Å². The van der Waals surface area contributed by atoms with E-state index in [-0.39, 0.29) is 6.52 Å². The van der Waals surface area contributed by atoms with Gasteiger partial charge in [-0.3, -0.25) is 0 Å². The molecule has 0 N–H and O–H groups in total. The van der Waals surface area contributed by atoms with E-state index in [0.717, 1.165) is 13.0 Å². The summed E-state index contributed by atoms with van der Waals surface area (Å²) in [7, 11) is 0. The Morgan fingerprint density at radius 3 is 2.62 bits per heavy atom. The molecule has 1 atom stereocenters. The highest BCUT2D eigenvalue weighted by Gasteiger charge is 2.17. The van der Waals surface area contributed by atoms with E-state index >= 15 is 0 Å². The number of aryl methyl sites for hydroxylation is 1. The molecule has 1 heteroatoms. The number of anilines is 1. The third-order valence-corrected chi connectivity index (χ3v) is 3.03. The Morgan fingerprint density at radius 2 is 1.75 bits per heavy atom. The molecule has 0 aliphatic carbocycles. The van der Waals surface area contributed by atoms with Crippen LogP contribution in [0.1, 0.15) is 12.5 Å². The first-order chi connectivity index (χ1) is 8.34. The van der Waals surface area contributed by atoms with Crippen LogP contribution in [0.2, 0.25) is 0 Å². The van der Waals surface area contributed by atoms with Crippen LogP contribution < -0.4 is 4.90 Å². The van der Waals surface area contributed by atoms with Crippen LogP contribution in [0.3, 0.4) is 0 Å².